The molecule has 8 heteroatoms. The van der Waals surface area contributed by atoms with Gasteiger partial charge in [-0.15, -0.1) is 0 Å². The lowest BCUT2D eigenvalue weighted by Crippen LogP contribution is -2.17. The van der Waals surface area contributed by atoms with Crippen molar-refractivity contribution in [3.8, 4) is 5.75 Å². The maximum atomic E-state index is 11.9. The summed E-state index contributed by atoms with van der Waals surface area (Å²) < 4.78 is 5.09. The molecule has 0 aliphatic heterocycles. The van der Waals surface area contributed by atoms with Crippen LogP contribution in [0.5, 0.6) is 5.75 Å². The number of anilines is 1. The number of carbonyl (C=O) groups is 1. The van der Waals surface area contributed by atoms with Gasteiger partial charge in [0.1, 0.15) is 10.0 Å². The fraction of sp³-hybridized carbons (Fsp3) is 0.0714. The Morgan fingerprint density at radius 1 is 0.955 bits per heavy atom. The largest absolute Gasteiger partial charge is 0.417 e. The summed E-state index contributed by atoms with van der Waals surface area (Å²) in [5.41, 5.74) is 1.54. The van der Waals surface area contributed by atoms with Gasteiger partial charge in [0.05, 0.1) is 15.1 Å². The molecule has 116 valence electrons. The van der Waals surface area contributed by atoms with Gasteiger partial charge in [0, 0.05) is 5.69 Å². The van der Waals surface area contributed by atoms with Gasteiger partial charge in [0.15, 0.2) is 5.75 Å². The highest BCUT2D eigenvalue weighted by atomic mass is 35.5. The highest BCUT2D eigenvalue weighted by Gasteiger charge is 2.22. The standard InChI is InChI=1S/C14H8Cl5NO2/c1-6-3-2-4-7(5-6)20-14(21)22-13-11(18)9(16)8(15)10(17)12(13)19/h2-5H,1H3,(H,20,21). The van der Waals surface area contributed by atoms with E-state index in [-0.39, 0.29) is 30.9 Å². The highest BCUT2D eigenvalue weighted by molar-refractivity contribution is 6.55. The van der Waals surface area contributed by atoms with E-state index in [0.717, 1.165) is 5.56 Å². The third-order valence-electron chi connectivity index (χ3n) is 2.63. The molecule has 3 nitrogen and oxygen atoms in total. The molecule has 22 heavy (non-hydrogen) atoms. The van der Waals surface area contributed by atoms with Gasteiger partial charge in [0.25, 0.3) is 0 Å². The Morgan fingerprint density at radius 3 is 2.05 bits per heavy atom. The maximum absolute atomic E-state index is 11.9. The summed E-state index contributed by atoms with van der Waals surface area (Å²) >= 11 is 29.6. The third-order valence-corrected chi connectivity index (χ3v) is 4.87. The van der Waals surface area contributed by atoms with E-state index in [1.54, 1.807) is 18.2 Å². The highest BCUT2D eigenvalue weighted by Crippen LogP contribution is 2.48. The average molecular weight is 399 g/mol. The quantitative estimate of drug-likeness (QED) is 0.442. The van der Waals surface area contributed by atoms with Crippen molar-refractivity contribution < 1.29 is 9.53 Å². The molecular formula is C14H8Cl5NO2. The van der Waals surface area contributed by atoms with Crippen molar-refractivity contribution in [1.29, 1.82) is 0 Å². The fourth-order valence-electron chi connectivity index (χ4n) is 1.63. The molecule has 0 saturated carbocycles. The molecule has 0 aliphatic carbocycles. The smallest absolute Gasteiger partial charge is 0.407 e. The van der Waals surface area contributed by atoms with Gasteiger partial charge in [-0.05, 0) is 24.6 Å². The Bertz CT molecular complexity index is 719. The van der Waals surface area contributed by atoms with Crippen LogP contribution in [0.4, 0.5) is 10.5 Å². The molecule has 1 amide bonds. The lowest BCUT2D eigenvalue weighted by atomic mass is 10.2. The first-order valence-corrected chi connectivity index (χ1v) is 7.77. The van der Waals surface area contributed by atoms with Crippen LogP contribution in [-0.2, 0) is 0 Å². The lowest BCUT2D eigenvalue weighted by molar-refractivity contribution is 0.215. The third kappa shape index (κ3) is 3.73. The van der Waals surface area contributed by atoms with E-state index in [4.69, 9.17) is 62.7 Å². The SMILES string of the molecule is Cc1cccc(NC(=O)Oc2c(Cl)c(Cl)c(Cl)c(Cl)c2Cl)c1. The molecule has 1 N–H and O–H groups in total. The summed E-state index contributed by atoms with van der Waals surface area (Å²) in [7, 11) is 0. The molecule has 2 aromatic rings. The number of ether oxygens (including phenoxy) is 1. The van der Waals surface area contributed by atoms with E-state index < -0.39 is 6.09 Å². The molecule has 0 aromatic heterocycles. The molecular weight excluding hydrogens is 391 g/mol. The van der Waals surface area contributed by atoms with Crippen molar-refractivity contribution in [2.45, 2.75) is 6.92 Å². The van der Waals surface area contributed by atoms with Gasteiger partial charge < -0.3 is 4.74 Å². The summed E-state index contributed by atoms with van der Waals surface area (Å²) in [6.07, 6.45) is -0.788. The minimum atomic E-state index is -0.788. The lowest BCUT2D eigenvalue weighted by Gasteiger charge is -2.13. The zero-order chi connectivity index (χ0) is 16.4. The molecule has 0 radical (unpaired) electrons. The van der Waals surface area contributed by atoms with Crippen LogP contribution in [-0.4, -0.2) is 6.09 Å². The van der Waals surface area contributed by atoms with E-state index in [0.29, 0.717) is 5.69 Å². The molecule has 0 bridgehead atoms. The van der Waals surface area contributed by atoms with Crippen LogP contribution in [0.15, 0.2) is 24.3 Å². The van der Waals surface area contributed by atoms with Gasteiger partial charge in [-0.2, -0.15) is 0 Å². The first-order chi connectivity index (χ1) is 10.3. The van der Waals surface area contributed by atoms with E-state index in [1.165, 1.54) is 0 Å². The summed E-state index contributed by atoms with van der Waals surface area (Å²) in [6.45, 7) is 1.89. The molecule has 2 aromatic carbocycles. The van der Waals surface area contributed by atoms with Crippen LogP contribution >= 0.6 is 58.0 Å². The molecule has 0 saturated heterocycles. The second-order valence-corrected chi connectivity index (χ2v) is 6.17. The van der Waals surface area contributed by atoms with Gasteiger partial charge >= 0.3 is 6.09 Å². The number of nitrogens with one attached hydrogen (secondary N) is 1. The van der Waals surface area contributed by atoms with Crippen LogP contribution in [0.1, 0.15) is 5.56 Å². The molecule has 2 rings (SSSR count). The van der Waals surface area contributed by atoms with Crippen molar-refractivity contribution in [3.05, 3.63) is 54.9 Å². The monoisotopic (exact) mass is 397 g/mol. The van der Waals surface area contributed by atoms with Crippen LogP contribution in [0.3, 0.4) is 0 Å². The predicted molar refractivity (Wildman–Crippen MR) is 92.3 cm³/mol. The average Bonchev–Trinajstić information content (AvgIpc) is 2.47. The Balaban J connectivity index is 2.26. The van der Waals surface area contributed by atoms with Gasteiger partial charge in [-0.25, -0.2) is 4.79 Å². The zero-order valence-corrected chi connectivity index (χ0v) is 14.8. The topological polar surface area (TPSA) is 38.3 Å². The first-order valence-electron chi connectivity index (χ1n) is 5.88. The van der Waals surface area contributed by atoms with E-state index in [1.807, 2.05) is 13.0 Å². The van der Waals surface area contributed by atoms with Crippen molar-refractivity contribution in [1.82, 2.24) is 0 Å². The summed E-state index contributed by atoms with van der Waals surface area (Å²) in [4.78, 5) is 11.9. The summed E-state index contributed by atoms with van der Waals surface area (Å²) in [6, 6.07) is 7.16. The van der Waals surface area contributed by atoms with Crippen LogP contribution in [0, 0.1) is 6.92 Å². The number of carbonyl (C=O) groups excluding carboxylic acids is 1. The Morgan fingerprint density at radius 2 is 1.50 bits per heavy atom. The number of benzene rings is 2. The van der Waals surface area contributed by atoms with Crippen LogP contribution < -0.4 is 10.1 Å². The van der Waals surface area contributed by atoms with Crippen LogP contribution in [0.2, 0.25) is 25.1 Å². The molecule has 0 atom stereocenters. The van der Waals surface area contributed by atoms with Gasteiger partial charge in [-0.1, -0.05) is 70.1 Å². The van der Waals surface area contributed by atoms with Gasteiger partial charge in [0.2, 0.25) is 0 Å². The summed E-state index contributed by atoms with van der Waals surface area (Å²) in [5, 5.41) is 2.25. The number of halogens is 5. The second kappa shape index (κ2) is 7.16. The number of rotatable bonds is 2. The molecule has 0 heterocycles. The van der Waals surface area contributed by atoms with E-state index >= 15 is 0 Å². The minimum Gasteiger partial charge on any atom is -0.407 e. The molecule has 0 fully saturated rings. The molecule has 0 aliphatic rings. The number of amides is 1. The maximum Gasteiger partial charge on any atom is 0.417 e. The van der Waals surface area contributed by atoms with Crippen molar-refractivity contribution >= 4 is 69.8 Å². The molecule has 0 spiro atoms. The first kappa shape index (κ1) is 17.5. The van der Waals surface area contributed by atoms with Crippen molar-refractivity contribution in [2.75, 3.05) is 5.32 Å². The van der Waals surface area contributed by atoms with Gasteiger partial charge in [-0.3, -0.25) is 5.32 Å². The van der Waals surface area contributed by atoms with E-state index in [9.17, 15) is 4.79 Å². The van der Waals surface area contributed by atoms with E-state index in [2.05, 4.69) is 5.32 Å². The van der Waals surface area contributed by atoms with Crippen molar-refractivity contribution in [3.63, 3.8) is 0 Å². The Hall–Kier alpha value is -0.840. The summed E-state index contributed by atoms with van der Waals surface area (Å²) in [5.74, 6) is -0.159. The second-order valence-electron chi connectivity index (χ2n) is 4.28. The number of hydrogen-bond donors (Lipinski definition) is 1. The Labute approximate surface area is 152 Å². The number of hydrogen-bond acceptors (Lipinski definition) is 2. The normalized spacial score (nSPS) is 10.5. The predicted octanol–water partition coefficient (Wildman–Crippen LogP) is 6.87. The Kier molecular flexibility index (Phi) is 5.70. The zero-order valence-electron chi connectivity index (χ0n) is 11.0. The fourth-order valence-corrected chi connectivity index (χ4v) is 2.83. The minimum absolute atomic E-state index is 0.00947. The van der Waals surface area contributed by atoms with Crippen molar-refractivity contribution in [2.24, 2.45) is 0 Å². The molecule has 0 unspecified atom stereocenters. The van der Waals surface area contributed by atoms with Crippen LogP contribution in [0.25, 0.3) is 0 Å². The number of aryl methyl sites for hydroxylation is 1.